The van der Waals surface area contributed by atoms with Crippen LogP contribution in [0.1, 0.15) is 54.3 Å². The van der Waals surface area contributed by atoms with Gasteiger partial charge < -0.3 is 10.4 Å². The molecule has 0 bridgehead atoms. The van der Waals surface area contributed by atoms with Crippen LogP contribution in [0.25, 0.3) is 0 Å². The summed E-state index contributed by atoms with van der Waals surface area (Å²) in [5.41, 5.74) is 0.375. The molecule has 1 aliphatic heterocycles. The van der Waals surface area contributed by atoms with Crippen molar-refractivity contribution in [2.24, 2.45) is 5.92 Å². The first-order valence-electron chi connectivity index (χ1n) is 9.74. The highest BCUT2D eigenvalue weighted by Gasteiger charge is 2.45. The zero-order chi connectivity index (χ0) is 22.6. The largest absolute Gasteiger partial charge is 0.480 e. The van der Waals surface area contributed by atoms with Gasteiger partial charge in [-0.25, -0.2) is 13.2 Å². The summed E-state index contributed by atoms with van der Waals surface area (Å²) in [5.74, 6) is -4.41. The molecule has 3 unspecified atom stereocenters. The van der Waals surface area contributed by atoms with Gasteiger partial charge in [-0.15, -0.1) is 0 Å². The molecule has 1 aromatic rings. The van der Waals surface area contributed by atoms with Gasteiger partial charge in [0.1, 0.15) is 21.9 Å². The highest BCUT2D eigenvalue weighted by atomic mass is 32.2. The van der Waals surface area contributed by atoms with Gasteiger partial charge in [0.25, 0.3) is 11.8 Å². The Morgan fingerprint density at radius 3 is 2.07 bits per heavy atom. The second kappa shape index (κ2) is 9.38. The number of rotatable bonds is 10. The maximum absolute atomic E-state index is 13.0. The number of fused-ring (bicyclic) bond motifs is 1. The van der Waals surface area contributed by atoms with Gasteiger partial charge in [0.2, 0.25) is 5.91 Å². The third kappa shape index (κ3) is 4.86. The minimum absolute atomic E-state index is 0.141. The van der Waals surface area contributed by atoms with Crippen molar-refractivity contribution in [3.8, 4) is 0 Å². The van der Waals surface area contributed by atoms with Gasteiger partial charge in [-0.1, -0.05) is 39.3 Å². The number of benzene rings is 1. The molecule has 3 amide bonds. The lowest BCUT2D eigenvalue weighted by Gasteiger charge is -2.30. The molecule has 0 saturated carbocycles. The minimum Gasteiger partial charge on any atom is -0.480 e. The molecular weight excluding hydrogens is 412 g/mol. The van der Waals surface area contributed by atoms with Gasteiger partial charge in [-0.3, -0.25) is 19.3 Å². The fourth-order valence-electron chi connectivity index (χ4n) is 3.27. The topological polar surface area (TPSA) is 138 Å². The SMILES string of the molecule is CCC(C)C(C(=O)NC(CCS(=O)(=O)CC)C(=O)O)N1C(=O)c2ccccc2C1=O. The van der Waals surface area contributed by atoms with Crippen LogP contribution in [0.4, 0.5) is 0 Å². The van der Waals surface area contributed by atoms with E-state index in [9.17, 15) is 32.7 Å². The summed E-state index contributed by atoms with van der Waals surface area (Å²) in [6.07, 6.45) is 0.139. The van der Waals surface area contributed by atoms with Gasteiger partial charge in [0, 0.05) is 5.75 Å². The Morgan fingerprint density at radius 1 is 1.10 bits per heavy atom. The van der Waals surface area contributed by atoms with Crippen LogP contribution in [0, 0.1) is 5.92 Å². The van der Waals surface area contributed by atoms with E-state index in [-0.39, 0.29) is 23.3 Å². The summed E-state index contributed by atoms with van der Waals surface area (Å²) in [6.45, 7) is 4.92. The van der Waals surface area contributed by atoms with E-state index in [1.165, 1.54) is 19.1 Å². The van der Waals surface area contributed by atoms with Crippen LogP contribution in [-0.2, 0) is 19.4 Å². The normalized spacial score (nSPS) is 16.7. The zero-order valence-corrected chi connectivity index (χ0v) is 17.9. The minimum atomic E-state index is -3.43. The van der Waals surface area contributed by atoms with Crippen LogP contribution in [-0.4, -0.2) is 65.7 Å². The average Bonchev–Trinajstić information content (AvgIpc) is 2.96. The first-order chi connectivity index (χ1) is 14.0. The third-order valence-corrected chi connectivity index (χ3v) is 7.06. The van der Waals surface area contributed by atoms with Crippen molar-refractivity contribution >= 4 is 33.5 Å². The number of carbonyl (C=O) groups excluding carboxylic acids is 3. The molecule has 0 aromatic heterocycles. The smallest absolute Gasteiger partial charge is 0.326 e. The predicted octanol–water partition coefficient (Wildman–Crippen LogP) is 1.09. The Labute approximate surface area is 175 Å². The van der Waals surface area contributed by atoms with E-state index in [1.54, 1.807) is 26.0 Å². The molecule has 2 rings (SSSR count). The number of carbonyl (C=O) groups is 4. The fraction of sp³-hybridized carbons (Fsp3) is 0.500. The third-order valence-electron chi connectivity index (χ3n) is 5.33. The molecule has 0 radical (unpaired) electrons. The van der Waals surface area contributed by atoms with Crippen LogP contribution in [0.5, 0.6) is 0 Å². The first-order valence-corrected chi connectivity index (χ1v) is 11.6. The Bertz CT molecular complexity index is 923. The number of hydrogen-bond donors (Lipinski definition) is 2. The average molecular weight is 439 g/mol. The van der Waals surface area contributed by atoms with E-state index in [0.29, 0.717) is 6.42 Å². The van der Waals surface area contributed by atoms with Crippen molar-refractivity contribution in [2.45, 2.75) is 45.7 Å². The van der Waals surface area contributed by atoms with Gasteiger partial charge in [-0.2, -0.15) is 0 Å². The van der Waals surface area contributed by atoms with Crippen LogP contribution in [0.15, 0.2) is 24.3 Å². The van der Waals surface area contributed by atoms with E-state index < -0.39 is 57.3 Å². The van der Waals surface area contributed by atoms with Crippen LogP contribution in [0.2, 0.25) is 0 Å². The molecule has 164 valence electrons. The standard InChI is InChI=1S/C20H26N2O7S/c1-4-12(3)16(22-18(24)13-8-6-7-9-14(13)19(22)25)17(23)21-15(20(26)27)10-11-30(28,29)5-2/h6-9,12,15-16H,4-5,10-11H2,1-3H3,(H,21,23)(H,26,27). The number of amides is 3. The zero-order valence-electron chi connectivity index (χ0n) is 17.1. The molecule has 3 atom stereocenters. The van der Waals surface area contributed by atoms with E-state index in [2.05, 4.69) is 5.32 Å². The molecule has 30 heavy (non-hydrogen) atoms. The highest BCUT2D eigenvalue weighted by Crippen LogP contribution is 2.28. The molecule has 0 aliphatic carbocycles. The Hall–Kier alpha value is -2.75. The molecule has 1 heterocycles. The van der Waals surface area contributed by atoms with Crippen LogP contribution >= 0.6 is 0 Å². The molecule has 0 saturated heterocycles. The lowest BCUT2D eigenvalue weighted by Crippen LogP contribution is -2.56. The number of imide groups is 1. The molecular formula is C20H26N2O7S. The second-order valence-electron chi connectivity index (χ2n) is 7.28. The van der Waals surface area contributed by atoms with Gasteiger partial charge >= 0.3 is 5.97 Å². The molecule has 2 N–H and O–H groups in total. The predicted molar refractivity (Wildman–Crippen MR) is 109 cm³/mol. The van der Waals surface area contributed by atoms with E-state index in [0.717, 1.165) is 4.90 Å². The van der Waals surface area contributed by atoms with Crippen molar-refractivity contribution in [3.05, 3.63) is 35.4 Å². The van der Waals surface area contributed by atoms with Crippen molar-refractivity contribution < 1.29 is 32.7 Å². The summed E-state index contributed by atoms with van der Waals surface area (Å²) in [6, 6.07) is 3.54. The second-order valence-corrected chi connectivity index (χ2v) is 9.75. The van der Waals surface area contributed by atoms with Crippen LogP contribution < -0.4 is 5.32 Å². The number of carboxylic acids is 1. The van der Waals surface area contributed by atoms with Gasteiger partial charge in [0.15, 0.2) is 0 Å². The van der Waals surface area contributed by atoms with Crippen molar-refractivity contribution in [3.63, 3.8) is 0 Å². The molecule has 0 fully saturated rings. The first kappa shape index (κ1) is 23.5. The number of carboxylic acid groups (broad SMARTS) is 1. The van der Waals surface area contributed by atoms with Crippen molar-refractivity contribution in [1.82, 2.24) is 10.2 Å². The number of aliphatic carboxylic acids is 1. The maximum atomic E-state index is 13.0. The fourth-order valence-corrected chi connectivity index (χ4v) is 4.15. The van der Waals surface area contributed by atoms with Gasteiger partial charge in [0.05, 0.1) is 16.9 Å². The summed E-state index contributed by atoms with van der Waals surface area (Å²) < 4.78 is 23.4. The maximum Gasteiger partial charge on any atom is 0.326 e. The summed E-state index contributed by atoms with van der Waals surface area (Å²) in [4.78, 5) is 51.1. The van der Waals surface area contributed by atoms with Gasteiger partial charge in [-0.05, 0) is 24.5 Å². The lowest BCUT2D eigenvalue weighted by atomic mass is 9.96. The van der Waals surface area contributed by atoms with Crippen molar-refractivity contribution in [2.75, 3.05) is 11.5 Å². The number of nitrogens with one attached hydrogen (secondary N) is 1. The molecule has 1 aliphatic rings. The number of hydrogen-bond acceptors (Lipinski definition) is 6. The van der Waals surface area contributed by atoms with E-state index in [1.807, 2.05) is 0 Å². The Morgan fingerprint density at radius 2 is 1.63 bits per heavy atom. The molecule has 9 nitrogen and oxygen atoms in total. The Balaban J connectivity index is 2.29. The Kier molecular flexibility index (Phi) is 7.35. The summed E-state index contributed by atoms with van der Waals surface area (Å²) in [7, 11) is -3.43. The van der Waals surface area contributed by atoms with Crippen molar-refractivity contribution in [1.29, 1.82) is 0 Å². The van der Waals surface area contributed by atoms with Crippen LogP contribution in [0.3, 0.4) is 0 Å². The molecule has 1 aromatic carbocycles. The lowest BCUT2D eigenvalue weighted by molar-refractivity contribution is -0.142. The number of sulfone groups is 1. The highest BCUT2D eigenvalue weighted by molar-refractivity contribution is 7.91. The van der Waals surface area contributed by atoms with E-state index in [4.69, 9.17) is 0 Å². The quantitative estimate of drug-likeness (QED) is 0.522. The monoisotopic (exact) mass is 438 g/mol. The van der Waals surface area contributed by atoms with E-state index >= 15 is 0 Å². The molecule has 0 spiro atoms. The summed E-state index contributed by atoms with van der Waals surface area (Å²) >= 11 is 0. The molecule has 10 heteroatoms. The number of nitrogens with zero attached hydrogens (tertiary/aromatic N) is 1. The summed E-state index contributed by atoms with van der Waals surface area (Å²) in [5, 5.41) is 11.7.